The Morgan fingerprint density at radius 1 is 0.946 bits per heavy atom. The van der Waals surface area contributed by atoms with Gasteiger partial charge in [0.2, 0.25) is 0 Å². The van der Waals surface area contributed by atoms with Crippen molar-refractivity contribution >= 4 is 58.0 Å². The van der Waals surface area contributed by atoms with E-state index in [1.807, 2.05) is 52.0 Å². The van der Waals surface area contributed by atoms with Crippen LogP contribution in [-0.2, 0) is 9.59 Å². The van der Waals surface area contributed by atoms with Crippen molar-refractivity contribution < 1.29 is 9.59 Å². The summed E-state index contributed by atoms with van der Waals surface area (Å²) < 4.78 is 0. The van der Waals surface area contributed by atoms with E-state index in [-0.39, 0.29) is 11.8 Å². The van der Waals surface area contributed by atoms with Crippen LogP contribution in [0.25, 0.3) is 6.08 Å². The van der Waals surface area contributed by atoms with E-state index < -0.39 is 0 Å². The van der Waals surface area contributed by atoms with Gasteiger partial charge < -0.3 is 0 Å². The van der Waals surface area contributed by atoms with Crippen molar-refractivity contribution in [3.05, 3.63) is 59.3 Å². The highest BCUT2D eigenvalue weighted by Gasteiger charge is 2.31. The van der Waals surface area contributed by atoms with Gasteiger partial charge in [0.15, 0.2) is 10.3 Å². The molecule has 0 bridgehead atoms. The minimum absolute atomic E-state index is 0.0884. The summed E-state index contributed by atoms with van der Waals surface area (Å²) >= 11 is 3.09. The van der Waals surface area contributed by atoms with E-state index in [0.29, 0.717) is 40.5 Å². The highest BCUT2D eigenvalue weighted by atomic mass is 32.2. The van der Waals surface area contributed by atoms with E-state index in [0.717, 1.165) is 36.5 Å². The van der Waals surface area contributed by atoms with Crippen LogP contribution in [0.1, 0.15) is 52.7 Å². The first-order chi connectivity index (χ1) is 18.0. The average Bonchev–Trinajstić information content (AvgIpc) is 3.34. The van der Waals surface area contributed by atoms with Gasteiger partial charge in [0.05, 0.1) is 11.4 Å². The number of pyridine rings is 1. The van der Waals surface area contributed by atoms with Crippen LogP contribution in [0.3, 0.4) is 0 Å². The third-order valence-electron chi connectivity index (χ3n) is 5.21. The quantitative estimate of drug-likeness (QED) is 0.215. The molecule has 3 heterocycles. The molecule has 0 saturated carbocycles. The number of allylic oxidation sites excluding steroid dienone is 2. The lowest BCUT2D eigenvalue weighted by atomic mass is 10.2. The fourth-order valence-electron chi connectivity index (χ4n) is 3.64. The largest absolute Gasteiger partial charge is 0.286 e. The zero-order valence-corrected chi connectivity index (χ0v) is 23.5. The lowest BCUT2D eigenvalue weighted by molar-refractivity contribution is -0.123. The molecule has 0 aliphatic carbocycles. The summed E-state index contributed by atoms with van der Waals surface area (Å²) in [4.78, 5) is 47.3. The molecule has 0 atom stereocenters. The van der Waals surface area contributed by atoms with Gasteiger partial charge in [-0.15, -0.1) is 0 Å². The lowest BCUT2D eigenvalue weighted by Crippen LogP contribution is -2.32. The third-order valence-corrected chi connectivity index (χ3v) is 7.43. The maximum absolute atomic E-state index is 13.0. The molecule has 0 N–H and O–H groups in total. The van der Waals surface area contributed by atoms with Crippen LogP contribution in [0.5, 0.6) is 0 Å². The number of carbonyl (C=O) groups excluding carboxylic acids is 2. The van der Waals surface area contributed by atoms with Crippen LogP contribution < -0.4 is 0 Å². The number of aromatic nitrogens is 1. The number of hydrogen-bond donors (Lipinski definition) is 0. The molecule has 196 valence electrons. The lowest BCUT2D eigenvalue weighted by Gasteiger charge is -2.17. The summed E-state index contributed by atoms with van der Waals surface area (Å²) in [6.45, 7) is 9.21. The second-order valence-corrected chi connectivity index (χ2v) is 10.3. The molecule has 1 aromatic heterocycles. The van der Waals surface area contributed by atoms with Gasteiger partial charge in [0.25, 0.3) is 11.8 Å². The van der Waals surface area contributed by atoms with Crippen molar-refractivity contribution in [1.82, 2.24) is 14.8 Å². The Labute approximate surface area is 227 Å². The van der Waals surface area contributed by atoms with Gasteiger partial charge in [0, 0.05) is 37.0 Å². The van der Waals surface area contributed by atoms with Crippen molar-refractivity contribution in [2.24, 2.45) is 15.0 Å². The summed E-state index contributed by atoms with van der Waals surface area (Å²) in [6, 6.07) is 5.58. The summed E-state index contributed by atoms with van der Waals surface area (Å²) in [5.41, 5.74) is 2.27. The smallest absolute Gasteiger partial charge is 0.278 e. The molecule has 2 aliphatic rings. The van der Waals surface area contributed by atoms with E-state index in [2.05, 4.69) is 20.0 Å². The first-order valence-corrected chi connectivity index (χ1v) is 14.6. The van der Waals surface area contributed by atoms with Crippen LogP contribution in [-0.4, -0.2) is 67.7 Å². The molecule has 0 unspecified atom stereocenters. The molecular formula is C27H34N6O2S2. The number of aliphatic imine (C=N–C) groups is 3. The second-order valence-electron chi connectivity index (χ2n) is 8.14. The molecule has 37 heavy (non-hydrogen) atoms. The molecule has 8 nitrogen and oxygen atoms in total. The fourth-order valence-corrected chi connectivity index (χ4v) is 5.65. The maximum atomic E-state index is 13.0. The van der Waals surface area contributed by atoms with Gasteiger partial charge in [0.1, 0.15) is 11.4 Å². The highest BCUT2D eigenvalue weighted by Crippen LogP contribution is 2.27. The molecule has 2 aliphatic heterocycles. The molecule has 3 rings (SSSR count). The third kappa shape index (κ3) is 7.75. The number of rotatable bonds is 11. The number of carbonyl (C=O) groups is 2. The van der Waals surface area contributed by atoms with E-state index in [1.165, 1.54) is 0 Å². The van der Waals surface area contributed by atoms with Crippen molar-refractivity contribution in [3.8, 4) is 0 Å². The molecule has 0 aromatic carbocycles. The zero-order valence-electron chi connectivity index (χ0n) is 21.9. The minimum atomic E-state index is -0.0944. The molecule has 0 radical (unpaired) electrons. The van der Waals surface area contributed by atoms with Crippen molar-refractivity contribution in [1.29, 1.82) is 0 Å². The molecular weight excluding hydrogens is 504 g/mol. The summed E-state index contributed by atoms with van der Waals surface area (Å²) in [5, 5.41) is 1.41. The topological polar surface area (TPSA) is 90.6 Å². The predicted molar refractivity (Wildman–Crippen MR) is 157 cm³/mol. The summed E-state index contributed by atoms with van der Waals surface area (Å²) in [6.07, 6.45) is 11.4. The highest BCUT2D eigenvalue weighted by molar-refractivity contribution is 8.17. The molecule has 0 spiro atoms. The average molecular weight is 539 g/mol. The Hall–Kier alpha value is -2.98. The molecule has 10 heteroatoms. The normalized spacial score (nSPS) is 18.6. The number of thioether (sulfide) groups is 2. The first-order valence-electron chi connectivity index (χ1n) is 12.6. The Balaban J connectivity index is 1.68. The van der Waals surface area contributed by atoms with Crippen molar-refractivity contribution in [2.45, 2.75) is 47.0 Å². The van der Waals surface area contributed by atoms with Crippen LogP contribution in [0.2, 0.25) is 0 Å². The van der Waals surface area contributed by atoms with Gasteiger partial charge in [-0.2, -0.15) is 0 Å². The standard InChI is InChI=1S/C27H34N6O2S2/c1-5-11-20(28-8-4)18-22-24(34)32(14-6-2)26(30-22)36-16-17-37-27-31-23(25(35)33(27)15-7-3)19-21-12-9-10-13-29-21/h8-13,18-19H,5-7,14-17H2,1-4H3/b20-11-,22-18-,23-19-,28-8?. The molecule has 0 saturated heterocycles. The van der Waals surface area contributed by atoms with E-state index in [9.17, 15) is 9.59 Å². The van der Waals surface area contributed by atoms with Gasteiger partial charge >= 0.3 is 0 Å². The summed E-state index contributed by atoms with van der Waals surface area (Å²) in [5.74, 6) is 1.26. The second kappa shape index (κ2) is 14.7. The zero-order chi connectivity index (χ0) is 26.6. The van der Waals surface area contributed by atoms with Gasteiger partial charge in [-0.05, 0) is 50.5 Å². The van der Waals surface area contributed by atoms with Crippen LogP contribution in [0.15, 0.2) is 68.6 Å². The number of hydrogen-bond acceptors (Lipinski definition) is 8. The predicted octanol–water partition coefficient (Wildman–Crippen LogP) is 5.37. The number of nitrogens with zero attached hydrogens (tertiary/aromatic N) is 6. The fraction of sp³-hybridized carbons (Fsp3) is 0.407. The Morgan fingerprint density at radius 2 is 1.57 bits per heavy atom. The van der Waals surface area contributed by atoms with Crippen LogP contribution in [0.4, 0.5) is 0 Å². The number of amidine groups is 2. The van der Waals surface area contributed by atoms with Crippen LogP contribution >= 0.6 is 23.5 Å². The first kappa shape index (κ1) is 28.6. The molecule has 0 fully saturated rings. The van der Waals surface area contributed by atoms with E-state index in [1.54, 1.807) is 57.9 Å². The van der Waals surface area contributed by atoms with Gasteiger partial charge in [-0.25, -0.2) is 9.98 Å². The molecule has 1 aromatic rings. The minimum Gasteiger partial charge on any atom is -0.286 e. The van der Waals surface area contributed by atoms with Gasteiger partial charge in [-0.1, -0.05) is 56.4 Å². The van der Waals surface area contributed by atoms with Crippen molar-refractivity contribution in [2.75, 3.05) is 24.6 Å². The maximum Gasteiger partial charge on any atom is 0.278 e. The Bertz CT molecular complexity index is 1150. The van der Waals surface area contributed by atoms with Gasteiger partial charge in [-0.3, -0.25) is 29.4 Å². The van der Waals surface area contributed by atoms with E-state index >= 15 is 0 Å². The Kier molecular flexibility index (Phi) is 11.3. The SMILES string of the molecule is CC=NC(=C\CC)/C=C1\N=C(SCCSC2=N/C(=C\c3ccccn3)C(=O)N2CCC)N(CCC)C1=O. The Morgan fingerprint density at radius 3 is 2.11 bits per heavy atom. The monoisotopic (exact) mass is 538 g/mol. The molecule has 2 amide bonds. The summed E-state index contributed by atoms with van der Waals surface area (Å²) in [7, 11) is 0. The van der Waals surface area contributed by atoms with E-state index in [4.69, 9.17) is 0 Å². The number of amides is 2. The van der Waals surface area contributed by atoms with Crippen molar-refractivity contribution in [3.63, 3.8) is 0 Å². The van der Waals surface area contributed by atoms with Crippen LogP contribution in [0, 0.1) is 0 Å².